The lowest BCUT2D eigenvalue weighted by Crippen LogP contribution is -2.47. The van der Waals surface area contributed by atoms with Crippen LogP contribution in [0.3, 0.4) is 0 Å². The molecule has 22 heavy (non-hydrogen) atoms. The highest BCUT2D eigenvalue weighted by Gasteiger charge is 2.38. The normalized spacial score (nSPS) is 26.7. The Morgan fingerprint density at radius 1 is 1.45 bits per heavy atom. The molecule has 0 bridgehead atoms. The molecule has 1 aliphatic rings. The second-order valence-electron chi connectivity index (χ2n) is 5.23. The summed E-state index contributed by atoms with van der Waals surface area (Å²) in [5.74, 6) is -0.973. The van der Waals surface area contributed by atoms with Crippen LogP contribution in [-0.2, 0) is 9.53 Å². The fourth-order valence-electron chi connectivity index (χ4n) is 2.10. The van der Waals surface area contributed by atoms with Crippen molar-refractivity contribution in [3.05, 3.63) is 11.5 Å². The largest absolute Gasteiger partial charge is 0.493 e. The Balaban J connectivity index is 3.18. The number of aliphatic hydroxyl groups excluding tert-OH is 3. The van der Waals surface area contributed by atoms with Crippen LogP contribution < -0.4 is 5.32 Å². The van der Waals surface area contributed by atoms with Gasteiger partial charge in [0.1, 0.15) is 12.8 Å². The lowest BCUT2D eigenvalue weighted by molar-refractivity contribution is -0.135. The Hall–Kier alpha value is -1.68. The quantitative estimate of drug-likeness (QED) is 0.300. The molecule has 0 amide bonds. The molecule has 0 aliphatic heterocycles. The first-order valence-electron chi connectivity index (χ1n) is 6.71. The third-order valence-corrected chi connectivity index (χ3v) is 3.22. The van der Waals surface area contributed by atoms with Gasteiger partial charge in [0.15, 0.2) is 5.76 Å². The number of aliphatic imine (C=N–C) groups is 1. The van der Waals surface area contributed by atoms with Gasteiger partial charge < -0.3 is 35.6 Å². The van der Waals surface area contributed by atoms with Crippen LogP contribution in [0.2, 0.25) is 0 Å². The number of nitrogens with one attached hydrogen (secondary N) is 1. The fourth-order valence-corrected chi connectivity index (χ4v) is 2.10. The van der Waals surface area contributed by atoms with Gasteiger partial charge in [0, 0.05) is 12.8 Å². The third kappa shape index (κ3) is 4.67. The Labute approximate surface area is 127 Å². The first kappa shape index (κ1) is 18.4. The zero-order chi connectivity index (χ0) is 16.9. The second-order valence-corrected chi connectivity index (χ2v) is 5.23. The number of carboxylic acids is 1. The number of methoxy groups -OCH3 is 1. The first-order valence-corrected chi connectivity index (χ1v) is 6.71. The van der Waals surface area contributed by atoms with E-state index in [9.17, 15) is 25.2 Å². The van der Waals surface area contributed by atoms with Gasteiger partial charge in [0.25, 0.3) is 0 Å². The number of carboxylic acid groups (broad SMARTS) is 1. The van der Waals surface area contributed by atoms with Gasteiger partial charge in [-0.15, -0.1) is 0 Å². The van der Waals surface area contributed by atoms with Crippen molar-refractivity contribution in [2.75, 3.05) is 20.3 Å². The minimum Gasteiger partial charge on any atom is -0.493 e. The van der Waals surface area contributed by atoms with Crippen molar-refractivity contribution in [2.24, 2.45) is 4.99 Å². The highest BCUT2D eigenvalue weighted by Crippen LogP contribution is 2.30. The molecular weight excluding hydrogens is 296 g/mol. The van der Waals surface area contributed by atoms with Gasteiger partial charge in [-0.2, -0.15) is 0 Å². The SMILES string of the molecule is COC1=C(N[C@H](O)[C@@H](C)O)CC(O)(CO)CC1=NCC(=O)O. The Kier molecular flexibility index (Phi) is 6.30. The summed E-state index contributed by atoms with van der Waals surface area (Å²) in [5.41, 5.74) is -1.17. The Bertz CT molecular complexity index is 475. The number of aliphatic hydroxyl groups is 4. The zero-order valence-electron chi connectivity index (χ0n) is 12.5. The summed E-state index contributed by atoms with van der Waals surface area (Å²) < 4.78 is 5.18. The summed E-state index contributed by atoms with van der Waals surface area (Å²) in [7, 11) is 1.34. The molecule has 0 aromatic rings. The molecule has 1 unspecified atom stereocenters. The van der Waals surface area contributed by atoms with E-state index < -0.39 is 37.1 Å². The van der Waals surface area contributed by atoms with Gasteiger partial charge in [-0.3, -0.25) is 9.79 Å². The maximum Gasteiger partial charge on any atom is 0.325 e. The monoisotopic (exact) mass is 318 g/mol. The molecule has 0 aromatic carbocycles. The number of allylic oxidation sites excluding steroid dienone is 1. The minimum absolute atomic E-state index is 0.0669. The molecule has 3 atom stereocenters. The number of hydrogen-bond acceptors (Lipinski definition) is 8. The highest BCUT2D eigenvalue weighted by atomic mass is 16.5. The van der Waals surface area contributed by atoms with Crippen molar-refractivity contribution in [1.82, 2.24) is 5.32 Å². The van der Waals surface area contributed by atoms with Crippen molar-refractivity contribution in [1.29, 1.82) is 0 Å². The van der Waals surface area contributed by atoms with Gasteiger partial charge in [0.05, 0.1) is 36.8 Å². The molecule has 0 saturated carbocycles. The molecule has 0 radical (unpaired) electrons. The number of aliphatic carboxylic acids is 1. The van der Waals surface area contributed by atoms with E-state index in [-0.39, 0.29) is 30.0 Å². The molecule has 0 fully saturated rings. The van der Waals surface area contributed by atoms with Crippen LogP contribution in [0.5, 0.6) is 0 Å². The summed E-state index contributed by atoms with van der Waals surface area (Å²) in [6.45, 7) is 0.271. The van der Waals surface area contributed by atoms with Gasteiger partial charge >= 0.3 is 5.97 Å². The van der Waals surface area contributed by atoms with E-state index in [0.717, 1.165) is 0 Å². The molecule has 1 aliphatic carbocycles. The molecule has 0 spiro atoms. The van der Waals surface area contributed by atoms with E-state index in [1.165, 1.54) is 14.0 Å². The van der Waals surface area contributed by atoms with Crippen LogP contribution >= 0.6 is 0 Å². The molecule has 0 saturated heterocycles. The number of ether oxygens (including phenoxy) is 1. The van der Waals surface area contributed by atoms with E-state index in [1.807, 2.05) is 0 Å². The Morgan fingerprint density at radius 2 is 2.09 bits per heavy atom. The average Bonchev–Trinajstić information content (AvgIpc) is 2.44. The summed E-state index contributed by atoms with van der Waals surface area (Å²) in [5, 5.41) is 50.0. The number of hydrogen-bond donors (Lipinski definition) is 6. The molecule has 9 heteroatoms. The van der Waals surface area contributed by atoms with Crippen molar-refractivity contribution >= 4 is 11.7 Å². The second kappa shape index (κ2) is 7.54. The van der Waals surface area contributed by atoms with Crippen LogP contribution in [0.15, 0.2) is 16.4 Å². The molecule has 6 N–H and O–H groups in total. The molecule has 126 valence electrons. The van der Waals surface area contributed by atoms with Crippen LogP contribution in [-0.4, -0.2) is 75.4 Å². The highest BCUT2D eigenvalue weighted by molar-refractivity contribution is 6.01. The summed E-state index contributed by atoms with van der Waals surface area (Å²) in [4.78, 5) is 14.5. The van der Waals surface area contributed by atoms with Gasteiger partial charge in [-0.05, 0) is 6.92 Å². The van der Waals surface area contributed by atoms with Gasteiger partial charge in [-0.25, -0.2) is 0 Å². The molecule has 0 heterocycles. The molecule has 9 nitrogen and oxygen atoms in total. The van der Waals surface area contributed by atoms with Crippen molar-refractivity contribution < 1.29 is 35.1 Å². The smallest absolute Gasteiger partial charge is 0.325 e. The third-order valence-electron chi connectivity index (χ3n) is 3.22. The van der Waals surface area contributed by atoms with Crippen molar-refractivity contribution in [2.45, 2.75) is 37.7 Å². The number of carbonyl (C=O) groups is 1. The van der Waals surface area contributed by atoms with E-state index >= 15 is 0 Å². The van der Waals surface area contributed by atoms with Crippen LogP contribution in [0.4, 0.5) is 0 Å². The van der Waals surface area contributed by atoms with E-state index in [0.29, 0.717) is 0 Å². The lowest BCUT2D eigenvalue weighted by atomic mass is 9.85. The van der Waals surface area contributed by atoms with Gasteiger partial charge in [-0.1, -0.05) is 0 Å². The lowest BCUT2D eigenvalue weighted by Gasteiger charge is -2.35. The first-order chi connectivity index (χ1) is 10.2. The summed E-state index contributed by atoms with van der Waals surface area (Å²) in [6.07, 6.45) is -2.56. The maximum atomic E-state index is 10.7. The number of rotatable bonds is 7. The molecular formula is C13H22N2O7. The van der Waals surface area contributed by atoms with Crippen LogP contribution in [0, 0.1) is 0 Å². The predicted molar refractivity (Wildman–Crippen MR) is 76.1 cm³/mol. The minimum atomic E-state index is -1.56. The average molecular weight is 318 g/mol. The predicted octanol–water partition coefficient (Wildman–Crippen LogP) is -1.82. The zero-order valence-corrected chi connectivity index (χ0v) is 12.5. The van der Waals surface area contributed by atoms with E-state index in [2.05, 4.69) is 10.3 Å². The topological polar surface area (TPSA) is 152 Å². The van der Waals surface area contributed by atoms with Crippen molar-refractivity contribution in [3.8, 4) is 0 Å². The maximum absolute atomic E-state index is 10.7. The van der Waals surface area contributed by atoms with Gasteiger partial charge in [0.2, 0.25) is 0 Å². The standard InChI is InChI=1S/C13H22N2O7/c1-7(17)12(20)15-9-4-13(21,6-16)3-8(11(9)22-2)14-5-10(18)19/h7,12,15-17,20-21H,3-6H2,1-2H3,(H,18,19)/t7-,12-,13?/m1/s1. The van der Waals surface area contributed by atoms with Crippen LogP contribution in [0.1, 0.15) is 19.8 Å². The Morgan fingerprint density at radius 3 is 2.55 bits per heavy atom. The molecule has 0 aromatic heterocycles. The molecule has 1 rings (SSSR count). The summed E-state index contributed by atoms with van der Waals surface area (Å²) in [6, 6.07) is 0. The number of nitrogens with zero attached hydrogens (tertiary/aromatic N) is 1. The van der Waals surface area contributed by atoms with E-state index in [4.69, 9.17) is 9.84 Å². The van der Waals surface area contributed by atoms with Crippen LogP contribution in [0.25, 0.3) is 0 Å². The van der Waals surface area contributed by atoms with E-state index in [1.54, 1.807) is 0 Å². The van der Waals surface area contributed by atoms with Crippen molar-refractivity contribution in [3.63, 3.8) is 0 Å². The fraction of sp³-hybridized carbons (Fsp3) is 0.692. The summed E-state index contributed by atoms with van der Waals surface area (Å²) >= 11 is 0.